The Morgan fingerprint density at radius 3 is 2.57 bits per heavy atom. The van der Waals surface area contributed by atoms with Crippen LogP contribution in [0.1, 0.15) is 44.9 Å². The highest BCUT2D eigenvalue weighted by Crippen LogP contribution is 2.35. The maximum atomic E-state index is 12.6. The zero-order chi connectivity index (χ0) is 15.1. The molecule has 1 aliphatic heterocycles. The van der Waals surface area contributed by atoms with Crippen molar-refractivity contribution in [3.05, 3.63) is 0 Å². The Morgan fingerprint density at radius 1 is 1.05 bits per heavy atom. The summed E-state index contributed by atoms with van der Waals surface area (Å²) in [5, 5.41) is 18.1. The van der Waals surface area contributed by atoms with Gasteiger partial charge >= 0.3 is 0 Å². The van der Waals surface area contributed by atoms with Crippen molar-refractivity contribution < 1.29 is 15.0 Å². The van der Waals surface area contributed by atoms with E-state index >= 15 is 0 Å². The molecule has 2 aliphatic rings. The van der Waals surface area contributed by atoms with Gasteiger partial charge < -0.3 is 15.1 Å². The number of carbonyl (C=O) groups is 1. The number of fused-ring (bicyclic) bond motifs is 1. The van der Waals surface area contributed by atoms with E-state index in [-0.39, 0.29) is 19.1 Å². The van der Waals surface area contributed by atoms with Gasteiger partial charge in [-0.3, -0.25) is 9.69 Å². The minimum Gasteiger partial charge on any atom is -0.396 e. The monoisotopic (exact) mass is 298 g/mol. The van der Waals surface area contributed by atoms with E-state index in [1.54, 1.807) is 0 Å². The van der Waals surface area contributed by atoms with Crippen molar-refractivity contribution in [1.29, 1.82) is 0 Å². The van der Waals surface area contributed by atoms with Crippen LogP contribution in [0.2, 0.25) is 0 Å². The second-order valence-corrected chi connectivity index (χ2v) is 6.42. The Balaban J connectivity index is 1.90. The first-order chi connectivity index (χ1) is 10.3. The Bertz CT molecular complexity index is 323. The lowest BCUT2D eigenvalue weighted by Crippen LogP contribution is -2.52. The van der Waals surface area contributed by atoms with Crippen LogP contribution in [-0.4, -0.2) is 71.4 Å². The molecule has 2 atom stereocenters. The lowest BCUT2D eigenvalue weighted by atomic mass is 9.78. The van der Waals surface area contributed by atoms with Crippen LogP contribution in [0.15, 0.2) is 0 Å². The molecule has 1 heterocycles. The minimum atomic E-state index is 0.0603. The van der Waals surface area contributed by atoms with E-state index < -0.39 is 0 Å². The summed E-state index contributed by atoms with van der Waals surface area (Å²) in [7, 11) is 0. The Kier molecular flexibility index (Phi) is 6.93. The molecule has 0 bridgehead atoms. The summed E-state index contributed by atoms with van der Waals surface area (Å²) >= 11 is 0. The highest BCUT2D eigenvalue weighted by molar-refractivity contribution is 5.78. The van der Waals surface area contributed by atoms with Gasteiger partial charge in [0.2, 0.25) is 5.91 Å². The van der Waals surface area contributed by atoms with Gasteiger partial charge in [0.1, 0.15) is 0 Å². The predicted molar refractivity (Wildman–Crippen MR) is 81.9 cm³/mol. The fourth-order valence-electron chi connectivity index (χ4n) is 3.92. The van der Waals surface area contributed by atoms with E-state index in [1.807, 2.05) is 4.90 Å². The average molecular weight is 298 g/mol. The maximum Gasteiger partial charge on any atom is 0.237 e. The largest absolute Gasteiger partial charge is 0.396 e. The molecule has 1 aliphatic carbocycles. The number of likely N-dealkylation sites (tertiary alicyclic amines) is 1. The van der Waals surface area contributed by atoms with Gasteiger partial charge in [0.25, 0.3) is 0 Å². The Hall–Kier alpha value is -0.650. The zero-order valence-corrected chi connectivity index (χ0v) is 13.0. The highest BCUT2D eigenvalue weighted by Gasteiger charge is 2.35. The lowest BCUT2D eigenvalue weighted by molar-refractivity contribution is -0.138. The zero-order valence-electron chi connectivity index (χ0n) is 13.0. The molecule has 2 N–H and O–H groups in total. The van der Waals surface area contributed by atoms with E-state index in [2.05, 4.69) is 4.90 Å². The van der Waals surface area contributed by atoms with Crippen LogP contribution in [-0.2, 0) is 4.79 Å². The molecule has 0 aromatic carbocycles. The number of amides is 1. The first kappa shape index (κ1) is 16.7. The van der Waals surface area contributed by atoms with Crippen LogP contribution >= 0.6 is 0 Å². The van der Waals surface area contributed by atoms with Gasteiger partial charge in [-0.25, -0.2) is 0 Å². The third-order valence-electron chi connectivity index (χ3n) is 4.97. The van der Waals surface area contributed by atoms with E-state index in [4.69, 9.17) is 10.2 Å². The van der Waals surface area contributed by atoms with Gasteiger partial charge in [-0.05, 0) is 38.0 Å². The van der Waals surface area contributed by atoms with Crippen LogP contribution in [0.25, 0.3) is 0 Å². The van der Waals surface area contributed by atoms with Crippen LogP contribution in [0.3, 0.4) is 0 Å². The summed E-state index contributed by atoms with van der Waals surface area (Å²) in [6.07, 6.45) is 8.06. The molecule has 21 heavy (non-hydrogen) atoms. The second-order valence-electron chi connectivity index (χ2n) is 6.42. The standard InChI is InChI=1S/C16H30N2O3/c19-11-4-8-17(10-12-20)13-16(21)18-9-3-6-14-5-1-2-7-15(14)18/h14-15,19-20H,1-13H2. The topological polar surface area (TPSA) is 64.0 Å². The smallest absolute Gasteiger partial charge is 0.237 e. The first-order valence-corrected chi connectivity index (χ1v) is 8.49. The summed E-state index contributed by atoms with van der Waals surface area (Å²) in [5.41, 5.74) is 0. The van der Waals surface area contributed by atoms with Gasteiger partial charge in [0, 0.05) is 32.3 Å². The van der Waals surface area contributed by atoms with E-state index in [0.717, 1.165) is 19.4 Å². The number of aliphatic hydroxyl groups is 2. The van der Waals surface area contributed by atoms with Crippen molar-refractivity contribution >= 4 is 5.91 Å². The Morgan fingerprint density at radius 2 is 1.81 bits per heavy atom. The molecule has 2 fully saturated rings. The third-order valence-corrected chi connectivity index (χ3v) is 4.97. The lowest BCUT2D eigenvalue weighted by Gasteiger charge is -2.44. The van der Waals surface area contributed by atoms with Crippen molar-refractivity contribution in [3.8, 4) is 0 Å². The molecule has 0 aromatic rings. The molecule has 122 valence electrons. The quantitative estimate of drug-likeness (QED) is 0.731. The molecule has 0 spiro atoms. The highest BCUT2D eigenvalue weighted by atomic mass is 16.3. The summed E-state index contributed by atoms with van der Waals surface area (Å²) in [6, 6.07) is 0.453. The van der Waals surface area contributed by atoms with Crippen molar-refractivity contribution in [1.82, 2.24) is 9.80 Å². The van der Waals surface area contributed by atoms with E-state index in [0.29, 0.717) is 38.0 Å². The number of hydrogen-bond donors (Lipinski definition) is 2. The molecule has 1 saturated carbocycles. The van der Waals surface area contributed by atoms with Crippen LogP contribution < -0.4 is 0 Å². The number of rotatable bonds is 7. The van der Waals surface area contributed by atoms with Crippen molar-refractivity contribution in [2.75, 3.05) is 39.4 Å². The fourth-order valence-corrected chi connectivity index (χ4v) is 3.92. The molecule has 1 amide bonds. The Labute approximate surface area is 127 Å². The van der Waals surface area contributed by atoms with Gasteiger partial charge in [0.15, 0.2) is 0 Å². The maximum absolute atomic E-state index is 12.6. The molecule has 2 unspecified atom stereocenters. The number of piperidine rings is 1. The van der Waals surface area contributed by atoms with E-state index in [1.165, 1.54) is 25.7 Å². The number of hydrogen-bond acceptors (Lipinski definition) is 4. The number of nitrogens with zero attached hydrogens (tertiary/aromatic N) is 2. The minimum absolute atomic E-state index is 0.0603. The molecular weight excluding hydrogens is 268 g/mol. The summed E-state index contributed by atoms with van der Waals surface area (Å²) in [6.45, 7) is 2.64. The summed E-state index contributed by atoms with van der Waals surface area (Å²) in [5.74, 6) is 0.915. The molecule has 1 saturated heterocycles. The predicted octanol–water partition coefficient (Wildman–Crippen LogP) is 0.844. The van der Waals surface area contributed by atoms with Crippen LogP contribution in [0, 0.1) is 5.92 Å². The molecule has 5 nitrogen and oxygen atoms in total. The molecule has 2 rings (SSSR count). The van der Waals surface area contributed by atoms with Crippen LogP contribution in [0.5, 0.6) is 0 Å². The first-order valence-electron chi connectivity index (χ1n) is 8.49. The van der Waals surface area contributed by atoms with Gasteiger partial charge in [-0.2, -0.15) is 0 Å². The molecule has 0 radical (unpaired) electrons. The fraction of sp³-hybridized carbons (Fsp3) is 0.938. The third kappa shape index (κ3) is 4.66. The van der Waals surface area contributed by atoms with Crippen LogP contribution in [0.4, 0.5) is 0 Å². The molecule has 5 heteroatoms. The number of aliphatic hydroxyl groups excluding tert-OH is 2. The van der Waals surface area contributed by atoms with Crippen molar-refractivity contribution in [2.24, 2.45) is 5.92 Å². The van der Waals surface area contributed by atoms with Gasteiger partial charge in [0.05, 0.1) is 13.2 Å². The normalized spacial score (nSPS) is 26.0. The van der Waals surface area contributed by atoms with E-state index in [9.17, 15) is 4.79 Å². The van der Waals surface area contributed by atoms with Crippen molar-refractivity contribution in [3.63, 3.8) is 0 Å². The molecular formula is C16H30N2O3. The van der Waals surface area contributed by atoms with Crippen molar-refractivity contribution in [2.45, 2.75) is 51.0 Å². The summed E-state index contributed by atoms with van der Waals surface area (Å²) < 4.78 is 0. The average Bonchev–Trinajstić information content (AvgIpc) is 2.52. The van der Waals surface area contributed by atoms with Gasteiger partial charge in [-0.1, -0.05) is 12.8 Å². The number of carbonyl (C=O) groups excluding carboxylic acids is 1. The SMILES string of the molecule is O=C(CN(CCO)CCCO)N1CCCC2CCCCC21. The molecule has 0 aromatic heterocycles. The second kappa shape index (κ2) is 8.71. The summed E-state index contributed by atoms with van der Waals surface area (Å²) in [4.78, 5) is 16.7. The van der Waals surface area contributed by atoms with Gasteiger partial charge in [-0.15, -0.1) is 0 Å².